The summed E-state index contributed by atoms with van der Waals surface area (Å²) in [4.78, 5) is 34.4. The van der Waals surface area contributed by atoms with Crippen LogP contribution in [0.3, 0.4) is 0 Å². The number of hydrogen-bond donors (Lipinski definition) is 1. The van der Waals surface area contributed by atoms with Crippen molar-refractivity contribution in [3.05, 3.63) is 57.1 Å². The molecule has 1 N–H and O–H groups in total. The number of aromatic amines is 1. The zero-order valence-corrected chi connectivity index (χ0v) is 15.4. The molecule has 0 aliphatic carbocycles. The van der Waals surface area contributed by atoms with Gasteiger partial charge in [0.15, 0.2) is 5.82 Å². The van der Waals surface area contributed by atoms with E-state index in [2.05, 4.69) is 20.2 Å². The first kappa shape index (κ1) is 18.0. The van der Waals surface area contributed by atoms with Gasteiger partial charge in [-0.3, -0.25) is 14.7 Å². The van der Waals surface area contributed by atoms with Crippen molar-refractivity contribution in [1.82, 2.24) is 29.3 Å². The minimum Gasteiger partial charge on any atom is -0.383 e. The number of fused-ring (bicyclic) bond motifs is 2. The summed E-state index contributed by atoms with van der Waals surface area (Å²) in [6.45, 7) is 1.08. The van der Waals surface area contributed by atoms with Crippen LogP contribution < -0.4 is 11.1 Å². The van der Waals surface area contributed by atoms with Crippen LogP contribution in [-0.2, 0) is 22.6 Å². The summed E-state index contributed by atoms with van der Waals surface area (Å²) in [6, 6.07) is 5.02. The van der Waals surface area contributed by atoms with Crippen molar-refractivity contribution in [3.63, 3.8) is 0 Å². The molecule has 28 heavy (non-hydrogen) atoms. The quantitative estimate of drug-likeness (QED) is 0.486. The van der Waals surface area contributed by atoms with Crippen LogP contribution in [0.4, 0.5) is 0 Å². The Kier molecular flexibility index (Phi) is 4.72. The third-order valence-electron chi connectivity index (χ3n) is 4.37. The summed E-state index contributed by atoms with van der Waals surface area (Å²) in [5, 5.41) is 7.45. The summed E-state index contributed by atoms with van der Waals surface area (Å²) < 4.78 is 12.9. The number of pyridine rings is 3. The molecular formula is C18H18N6O4. The topological polar surface area (TPSA) is 117 Å². The Labute approximate surface area is 158 Å². The van der Waals surface area contributed by atoms with Crippen LogP contribution in [0, 0.1) is 0 Å². The normalized spacial score (nSPS) is 11.5. The fourth-order valence-corrected chi connectivity index (χ4v) is 2.98. The fourth-order valence-electron chi connectivity index (χ4n) is 2.98. The molecule has 0 aromatic carbocycles. The standard InChI is InChI=1S/C18H18N6O4/c1-27-8-7-23-5-3-13-11(16(23)25)9-12-14(19-13)4-6-24(17(12)26)18-20-15(10-28-2)21-22-18/h3-6,9H,7-8,10H2,1-2H3,(H,20,21,22). The van der Waals surface area contributed by atoms with E-state index in [0.29, 0.717) is 40.8 Å². The molecule has 144 valence electrons. The molecular weight excluding hydrogens is 364 g/mol. The molecule has 0 aliphatic heterocycles. The number of H-pyrrole nitrogens is 1. The van der Waals surface area contributed by atoms with Gasteiger partial charge in [0.1, 0.15) is 6.61 Å². The first-order chi connectivity index (χ1) is 13.6. The summed E-state index contributed by atoms with van der Waals surface area (Å²) in [6.07, 6.45) is 3.23. The van der Waals surface area contributed by atoms with E-state index in [-0.39, 0.29) is 23.7 Å². The number of nitrogens with zero attached hydrogens (tertiary/aromatic N) is 5. The van der Waals surface area contributed by atoms with Crippen LogP contribution in [0.25, 0.3) is 27.8 Å². The fraction of sp³-hybridized carbons (Fsp3) is 0.278. The van der Waals surface area contributed by atoms with E-state index in [1.54, 1.807) is 44.8 Å². The Morgan fingerprint density at radius 3 is 2.50 bits per heavy atom. The van der Waals surface area contributed by atoms with Gasteiger partial charge in [-0.1, -0.05) is 0 Å². The summed E-state index contributed by atoms with van der Waals surface area (Å²) in [5.41, 5.74) is 0.444. The number of rotatable bonds is 6. The molecule has 10 nitrogen and oxygen atoms in total. The predicted octanol–water partition coefficient (Wildman–Crippen LogP) is 0.611. The number of ether oxygens (including phenoxy) is 2. The molecule has 0 saturated heterocycles. The van der Waals surface area contributed by atoms with Crippen molar-refractivity contribution in [2.24, 2.45) is 0 Å². The summed E-state index contributed by atoms with van der Waals surface area (Å²) >= 11 is 0. The molecule has 0 fully saturated rings. The highest BCUT2D eigenvalue weighted by molar-refractivity contribution is 5.91. The van der Waals surface area contributed by atoms with E-state index in [4.69, 9.17) is 9.47 Å². The van der Waals surface area contributed by atoms with Crippen molar-refractivity contribution in [3.8, 4) is 5.95 Å². The molecule has 4 heterocycles. The lowest BCUT2D eigenvalue weighted by molar-refractivity contribution is 0.178. The number of aromatic nitrogens is 6. The van der Waals surface area contributed by atoms with Crippen molar-refractivity contribution >= 4 is 21.8 Å². The largest absolute Gasteiger partial charge is 0.383 e. The maximum atomic E-state index is 13.0. The number of hydrogen-bond acceptors (Lipinski definition) is 7. The van der Waals surface area contributed by atoms with Crippen LogP contribution in [0.1, 0.15) is 5.82 Å². The Bertz CT molecular complexity index is 1270. The summed E-state index contributed by atoms with van der Waals surface area (Å²) in [7, 11) is 3.12. The third kappa shape index (κ3) is 3.08. The third-order valence-corrected chi connectivity index (χ3v) is 4.37. The Balaban J connectivity index is 1.88. The number of nitrogens with one attached hydrogen (secondary N) is 1. The van der Waals surface area contributed by atoms with Gasteiger partial charge in [0.2, 0.25) is 0 Å². The molecule has 0 radical (unpaired) electrons. The van der Waals surface area contributed by atoms with E-state index in [9.17, 15) is 9.59 Å². The van der Waals surface area contributed by atoms with Gasteiger partial charge in [-0.2, -0.15) is 4.98 Å². The SMILES string of the molecule is COCCn1ccc2nc3ccn(-c4n[nH]c(COC)n4)c(=O)c3cc2c1=O. The van der Waals surface area contributed by atoms with Crippen LogP contribution in [-0.4, -0.2) is 50.1 Å². The summed E-state index contributed by atoms with van der Waals surface area (Å²) in [5.74, 6) is 0.701. The monoisotopic (exact) mass is 382 g/mol. The Morgan fingerprint density at radius 2 is 1.75 bits per heavy atom. The first-order valence-corrected chi connectivity index (χ1v) is 8.57. The van der Waals surface area contributed by atoms with E-state index in [1.807, 2.05) is 0 Å². The lowest BCUT2D eigenvalue weighted by Gasteiger charge is -2.08. The van der Waals surface area contributed by atoms with Crippen LogP contribution in [0.5, 0.6) is 0 Å². The highest BCUT2D eigenvalue weighted by Gasteiger charge is 2.13. The average Bonchev–Trinajstić information content (AvgIpc) is 3.16. The Hall–Kier alpha value is -3.37. The van der Waals surface area contributed by atoms with Crippen molar-refractivity contribution < 1.29 is 9.47 Å². The second kappa shape index (κ2) is 7.33. The molecule has 0 bridgehead atoms. The van der Waals surface area contributed by atoms with Crippen molar-refractivity contribution in [2.75, 3.05) is 20.8 Å². The van der Waals surface area contributed by atoms with Crippen LogP contribution >= 0.6 is 0 Å². The van der Waals surface area contributed by atoms with Gasteiger partial charge in [-0.15, -0.1) is 5.10 Å². The molecule has 0 saturated carbocycles. The minimum atomic E-state index is -0.360. The van der Waals surface area contributed by atoms with Gasteiger partial charge in [0.25, 0.3) is 17.1 Å². The van der Waals surface area contributed by atoms with E-state index in [1.165, 1.54) is 9.13 Å². The van der Waals surface area contributed by atoms with Gasteiger partial charge in [0, 0.05) is 33.2 Å². The van der Waals surface area contributed by atoms with Crippen molar-refractivity contribution in [1.29, 1.82) is 0 Å². The zero-order chi connectivity index (χ0) is 19.7. The average molecular weight is 382 g/mol. The molecule has 0 spiro atoms. The lowest BCUT2D eigenvalue weighted by atomic mass is 10.2. The number of methoxy groups -OCH3 is 2. The maximum absolute atomic E-state index is 13.0. The van der Waals surface area contributed by atoms with Crippen LogP contribution in [0.2, 0.25) is 0 Å². The van der Waals surface area contributed by atoms with Crippen LogP contribution in [0.15, 0.2) is 40.2 Å². The zero-order valence-electron chi connectivity index (χ0n) is 15.4. The minimum absolute atomic E-state index is 0.199. The van der Waals surface area contributed by atoms with E-state index >= 15 is 0 Å². The predicted molar refractivity (Wildman–Crippen MR) is 102 cm³/mol. The molecule has 0 unspecified atom stereocenters. The molecule has 10 heteroatoms. The highest BCUT2D eigenvalue weighted by Crippen LogP contribution is 2.15. The van der Waals surface area contributed by atoms with Crippen molar-refractivity contribution in [2.45, 2.75) is 13.2 Å². The molecule has 0 atom stereocenters. The van der Waals surface area contributed by atoms with E-state index in [0.717, 1.165) is 0 Å². The smallest absolute Gasteiger partial charge is 0.267 e. The van der Waals surface area contributed by atoms with Gasteiger partial charge >= 0.3 is 0 Å². The van der Waals surface area contributed by atoms with Gasteiger partial charge in [-0.25, -0.2) is 9.55 Å². The maximum Gasteiger partial charge on any atom is 0.267 e. The lowest BCUT2D eigenvalue weighted by Crippen LogP contribution is -2.23. The van der Waals surface area contributed by atoms with Gasteiger partial charge in [0.05, 0.1) is 28.4 Å². The molecule has 0 amide bonds. The first-order valence-electron chi connectivity index (χ1n) is 8.57. The molecule has 4 rings (SSSR count). The molecule has 4 aromatic rings. The van der Waals surface area contributed by atoms with Gasteiger partial charge in [-0.05, 0) is 18.2 Å². The Morgan fingerprint density at radius 1 is 1.00 bits per heavy atom. The molecule has 4 aromatic heterocycles. The second-order valence-corrected chi connectivity index (χ2v) is 6.17. The van der Waals surface area contributed by atoms with E-state index < -0.39 is 0 Å². The highest BCUT2D eigenvalue weighted by atomic mass is 16.5. The second-order valence-electron chi connectivity index (χ2n) is 6.17. The molecule has 0 aliphatic rings. The van der Waals surface area contributed by atoms with Gasteiger partial charge < -0.3 is 14.0 Å².